The van der Waals surface area contributed by atoms with Gasteiger partial charge < -0.3 is 9.72 Å². The van der Waals surface area contributed by atoms with Gasteiger partial charge in [-0.3, -0.25) is 9.59 Å². The maximum Gasteiger partial charge on any atom is 0.338 e. The van der Waals surface area contributed by atoms with Gasteiger partial charge >= 0.3 is 5.97 Å². The van der Waals surface area contributed by atoms with E-state index in [1.807, 2.05) is 6.07 Å². The summed E-state index contributed by atoms with van der Waals surface area (Å²) in [5.74, 6) is -1.19. The Morgan fingerprint density at radius 3 is 2.29 bits per heavy atom. The first kappa shape index (κ1) is 17.2. The third-order valence-electron chi connectivity index (χ3n) is 3.65. The number of aromatic nitrogens is 1. The molecule has 2 aromatic rings. The summed E-state index contributed by atoms with van der Waals surface area (Å²) < 4.78 is 5.01. The van der Waals surface area contributed by atoms with E-state index >= 15 is 0 Å². The monoisotopic (exact) mass is 324 g/mol. The lowest BCUT2D eigenvalue weighted by Crippen LogP contribution is -2.15. The molecule has 0 spiro atoms. The van der Waals surface area contributed by atoms with Gasteiger partial charge in [0.1, 0.15) is 0 Å². The van der Waals surface area contributed by atoms with Gasteiger partial charge in [0.2, 0.25) is 5.78 Å². The van der Waals surface area contributed by atoms with E-state index in [4.69, 9.17) is 10.00 Å². The van der Waals surface area contributed by atoms with Crippen LogP contribution >= 0.6 is 0 Å². The van der Waals surface area contributed by atoms with Crippen LogP contribution in [0, 0.1) is 25.2 Å². The summed E-state index contributed by atoms with van der Waals surface area (Å²) in [4.78, 5) is 38.6. The number of nitrogens with zero attached hydrogens (tertiary/aromatic N) is 1. The quantitative estimate of drug-likeness (QED) is 0.673. The van der Waals surface area contributed by atoms with Crippen molar-refractivity contribution >= 4 is 17.5 Å². The zero-order valence-electron chi connectivity index (χ0n) is 13.6. The van der Waals surface area contributed by atoms with Gasteiger partial charge in [0, 0.05) is 11.3 Å². The molecule has 0 saturated heterocycles. The van der Waals surface area contributed by atoms with Crippen molar-refractivity contribution in [3.63, 3.8) is 0 Å². The highest BCUT2D eigenvalue weighted by Gasteiger charge is 2.21. The van der Waals surface area contributed by atoms with E-state index in [1.165, 1.54) is 31.2 Å². The van der Waals surface area contributed by atoms with E-state index in [1.54, 1.807) is 13.8 Å². The van der Waals surface area contributed by atoms with Gasteiger partial charge in [-0.05, 0) is 50.6 Å². The summed E-state index contributed by atoms with van der Waals surface area (Å²) in [6.45, 7) is 4.39. The molecule has 0 saturated carbocycles. The van der Waals surface area contributed by atoms with Gasteiger partial charge in [0.05, 0.1) is 22.9 Å². The third kappa shape index (κ3) is 3.41. The van der Waals surface area contributed by atoms with Crippen LogP contribution in [-0.2, 0) is 4.74 Å². The molecule has 0 atom stereocenters. The second-order valence-electron chi connectivity index (χ2n) is 5.37. The molecule has 1 heterocycles. The van der Waals surface area contributed by atoms with E-state index in [0.29, 0.717) is 22.4 Å². The van der Waals surface area contributed by atoms with Crippen LogP contribution in [0.15, 0.2) is 24.3 Å². The molecule has 6 heteroatoms. The van der Waals surface area contributed by atoms with E-state index < -0.39 is 18.4 Å². The Bertz CT molecular complexity index is 854. The fourth-order valence-corrected chi connectivity index (χ4v) is 2.52. The lowest BCUT2D eigenvalue weighted by molar-refractivity contribution is 0.0473. The number of benzene rings is 1. The maximum absolute atomic E-state index is 12.2. The molecule has 0 amide bonds. The van der Waals surface area contributed by atoms with E-state index in [9.17, 15) is 14.4 Å². The number of nitriles is 1. The molecule has 2 rings (SSSR count). The van der Waals surface area contributed by atoms with Crippen molar-refractivity contribution in [2.24, 2.45) is 0 Å². The molecule has 6 nitrogen and oxygen atoms in total. The molecule has 0 radical (unpaired) electrons. The first-order chi connectivity index (χ1) is 11.3. The minimum absolute atomic E-state index is 0.130. The van der Waals surface area contributed by atoms with Crippen LogP contribution in [0.1, 0.15) is 54.9 Å². The first-order valence-electron chi connectivity index (χ1n) is 7.25. The minimum atomic E-state index is -0.652. The van der Waals surface area contributed by atoms with Crippen LogP contribution in [0.4, 0.5) is 0 Å². The molecule has 1 aromatic heterocycles. The van der Waals surface area contributed by atoms with Gasteiger partial charge in [0.15, 0.2) is 12.4 Å². The number of ether oxygens (including phenoxy) is 1. The Balaban J connectivity index is 2.08. The molecule has 0 bridgehead atoms. The largest absolute Gasteiger partial charge is 0.454 e. The SMILES string of the molecule is CC(=O)c1c(C)[nH]c(C(=O)COC(=O)c2ccc(C#N)cc2)c1C. The highest BCUT2D eigenvalue weighted by Crippen LogP contribution is 2.19. The number of nitrogens with one attached hydrogen (secondary N) is 1. The van der Waals surface area contributed by atoms with Gasteiger partial charge in [-0.2, -0.15) is 5.26 Å². The molecule has 1 N–H and O–H groups in total. The summed E-state index contributed by atoms with van der Waals surface area (Å²) in [6.07, 6.45) is 0. The molecule has 0 aliphatic rings. The van der Waals surface area contributed by atoms with Crippen LogP contribution in [0.5, 0.6) is 0 Å². The second kappa shape index (κ2) is 6.92. The molecule has 0 fully saturated rings. The summed E-state index contributed by atoms with van der Waals surface area (Å²) in [5.41, 5.74) is 2.60. The Labute approximate surface area is 139 Å². The third-order valence-corrected chi connectivity index (χ3v) is 3.65. The van der Waals surface area contributed by atoms with E-state index in [-0.39, 0.29) is 17.0 Å². The first-order valence-corrected chi connectivity index (χ1v) is 7.25. The zero-order chi connectivity index (χ0) is 17.9. The average molecular weight is 324 g/mol. The minimum Gasteiger partial charge on any atom is -0.454 e. The summed E-state index contributed by atoms with van der Waals surface area (Å²) >= 11 is 0. The Kier molecular flexibility index (Phi) is 4.95. The smallest absolute Gasteiger partial charge is 0.338 e. The Morgan fingerprint density at radius 2 is 1.79 bits per heavy atom. The predicted octanol–water partition coefficient (Wildman–Crippen LogP) is 2.75. The van der Waals surface area contributed by atoms with Crippen molar-refractivity contribution in [3.8, 4) is 6.07 Å². The number of aryl methyl sites for hydroxylation is 1. The molecule has 122 valence electrons. The Morgan fingerprint density at radius 1 is 1.17 bits per heavy atom. The molecule has 1 aromatic carbocycles. The van der Waals surface area contributed by atoms with Gasteiger partial charge in [-0.25, -0.2) is 4.79 Å². The van der Waals surface area contributed by atoms with Crippen LogP contribution < -0.4 is 0 Å². The second-order valence-corrected chi connectivity index (χ2v) is 5.37. The van der Waals surface area contributed by atoms with E-state index in [2.05, 4.69) is 4.98 Å². The molecule has 0 unspecified atom stereocenters. The predicted molar refractivity (Wildman–Crippen MR) is 86.0 cm³/mol. The van der Waals surface area contributed by atoms with Crippen LogP contribution in [-0.4, -0.2) is 29.1 Å². The van der Waals surface area contributed by atoms with Crippen LogP contribution in [0.2, 0.25) is 0 Å². The highest BCUT2D eigenvalue weighted by molar-refractivity contribution is 6.04. The van der Waals surface area contributed by atoms with Gasteiger partial charge in [0.25, 0.3) is 0 Å². The van der Waals surface area contributed by atoms with Gasteiger partial charge in [-0.1, -0.05) is 0 Å². The normalized spacial score (nSPS) is 10.1. The Hall–Kier alpha value is -3.20. The molecule has 0 aliphatic carbocycles. The zero-order valence-corrected chi connectivity index (χ0v) is 13.6. The average Bonchev–Trinajstić information content (AvgIpc) is 2.87. The number of ketones is 2. The number of carbonyl (C=O) groups is 3. The molecular weight excluding hydrogens is 308 g/mol. The molecular formula is C18H16N2O4. The number of hydrogen-bond acceptors (Lipinski definition) is 5. The topological polar surface area (TPSA) is 100 Å². The van der Waals surface area contributed by atoms with Crippen molar-refractivity contribution < 1.29 is 19.1 Å². The van der Waals surface area contributed by atoms with Crippen LogP contribution in [0.3, 0.4) is 0 Å². The number of aromatic amines is 1. The van der Waals surface area contributed by atoms with Crippen LogP contribution in [0.25, 0.3) is 0 Å². The van der Waals surface area contributed by atoms with Gasteiger partial charge in [-0.15, -0.1) is 0 Å². The number of Topliss-reactive ketones (excluding diaryl/α,β-unsaturated/α-hetero) is 2. The van der Waals surface area contributed by atoms with E-state index in [0.717, 1.165) is 0 Å². The highest BCUT2D eigenvalue weighted by atomic mass is 16.5. The summed E-state index contributed by atoms with van der Waals surface area (Å²) in [7, 11) is 0. The maximum atomic E-state index is 12.2. The lowest BCUT2D eigenvalue weighted by Gasteiger charge is -2.04. The van der Waals surface area contributed by atoms with Crippen molar-refractivity contribution in [2.45, 2.75) is 20.8 Å². The molecule has 0 aliphatic heterocycles. The fraction of sp³-hybridized carbons (Fsp3) is 0.222. The fourth-order valence-electron chi connectivity index (χ4n) is 2.52. The number of hydrogen-bond donors (Lipinski definition) is 1. The number of rotatable bonds is 5. The number of H-pyrrole nitrogens is 1. The summed E-state index contributed by atoms with van der Waals surface area (Å²) in [6, 6.07) is 7.87. The lowest BCUT2D eigenvalue weighted by atomic mass is 10.1. The van der Waals surface area contributed by atoms with Crippen molar-refractivity contribution in [1.82, 2.24) is 4.98 Å². The molecule has 24 heavy (non-hydrogen) atoms. The van der Waals surface area contributed by atoms with Crippen molar-refractivity contribution in [2.75, 3.05) is 6.61 Å². The standard InChI is InChI=1S/C18H16N2O4/c1-10-16(12(3)21)11(2)20-17(10)15(22)9-24-18(23)14-6-4-13(8-19)5-7-14/h4-7,20H,9H2,1-3H3. The van der Waals surface area contributed by atoms with Crippen molar-refractivity contribution in [3.05, 3.63) is 57.9 Å². The summed E-state index contributed by atoms with van der Waals surface area (Å²) in [5, 5.41) is 8.72. The number of esters is 1. The van der Waals surface area contributed by atoms with Crippen molar-refractivity contribution in [1.29, 1.82) is 5.26 Å². The number of carbonyl (C=O) groups excluding carboxylic acids is 3.